The fraction of sp³-hybridized carbons (Fsp3) is 0.118. The molecule has 9 heteroatoms. The molecule has 0 spiro atoms. The van der Waals surface area contributed by atoms with Crippen molar-refractivity contribution in [3.05, 3.63) is 51.5 Å². The van der Waals surface area contributed by atoms with Crippen molar-refractivity contribution in [2.45, 2.75) is 12.1 Å². The number of phenolic OH excluding ortho intramolecular Hbond substituents is 1. The molecule has 3 N–H and O–H groups in total. The number of nitrogens with one attached hydrogen (secondary N) is 2. The van der Waals surface area contributed by atoms with Crippen LogP contribution in [0, 0.1) is 6.92 Å². The number of aromatic nitrogens is 3. The Labute approximate surface area is 167 Å². The number of aryl methyl sites for hydroxylation is 1. The molecule has 0 bridgehead atoms. The number of benzene rings is 2. The lowest BCUT2D eigenvalue weighted by molar-refractivity contribution is -0.113. The minimum Gasteiger partial charge on any atom is -0.507 e. The Morgan fingerprint density at radius 1 is 1.35 bits per heavy atom. The van der Waals surface area contributed by atoms with E-state index in [-0.39, 0.29) is 17.4 Å². The van der Waals surface area contributed by atoms with E-state index in [1.54, 1.807) is 30.3 Å². The summed E-state index contributed by atoms with van der Waals surface area (Å²) in [6.45, 7) is 1.90. The lowest BCUT2D eigenvalue weighted by Crippen LogP contribution is -2.14. The second kappa shape index (κ2) is 8.11. The van der Waals surface area contributed by atoms with Gasteiger partial charge in [0.2, 0.25) is 11.1 Å². The molecule has 0 saturated heterocycles. The van der Waals surface area contributed by atoms with E-state index in [1.165, 1.54) is 11.8 Å². The number of carbonyl (C=O) groups is 1. The number of aromatic amines is 1. The zero-order chi connectivity index (χ0) is 18.7. The van der Waals surface area contributed by atoms with Gasteiger partial charge in [0.25, 0.3) is 0 Å². The van der Waals surface area contributed by atoms with Gasteiger partial charge >= 0.3 is 0 Å². The molecule has 1 heterocycles. The highest BCUT2D eigenvalue weighted by Gasteiger charge is 2.12. The Kier molecular flexibility index (Phi) is 5.85. The van der Waals surface area contributed by atoms with Gasteiger partial charge in [0.1, 0.15) is 5.75 Å². The molecular weight excluding hydrogens is 440 g/mol. The van der Waals surface area contributed by atoms with E-state index in [2.05, 4.69) is 36.4 Å². The number of phenols is 1. The van der Waals surface area contributed by atoms with Crippen molar-refractivity contribution in [2.75, 3.05) is 11.1 Å². The van der Waals surface area contributed by atoms with Crippen molar-refractivity contribution >= 4 is 50.9 Å². The van der Waals surface area contributed by atoms with E-state index in [1.807, 2.05) is 13.0 Å². The van der Waals surface area contributed by atoms with Crippen LogP contribution in [-0.4, -0.2) is 31.9 Å². The molecule has 1 amide bonds. The van der Waals surface area contributed by atoms with Crippen LogP contribution in [0.15, 0.2) is 46.0 Å². The first-order chi connectivity index (χ1) is 12.4. The Balaban J connectivity index is 1.61. The second-order valence-corrected chi connectivity index (χ2v) is 7.69. The van der Waals surface area contributed by atoms with E-state index in [4.69, 9.17) is 11.6 Å². The van der Waals surface area contributed by atoms with Crippen molar-refractivity contribution in [3.8, 4) is 17.1 Å². The number of amides is 1. The molecule has 6 nitrogen and oxygen atoms in total. The van der Waals surface area contributed by atoms with E-state index in [0.717, 1.165) is 10.0 Å². The minimum absolute atomic E-state index is 0.0925. The molecule has 134 valence electrons. The zero-order valence-corrected chi connectivity index (χ0v) is 16.7. The van der Waals surface area contributed by atoms with E-state index < -0.39 is 0 Å². The van der Waals surface area contributed by atoms with Gasteiger partial charge in [0.15, 0.2) is 5.82 Å². The molecule has 26 heavy (non-hydrogen) atoms. The largest absolute Gasteiger partial charge is 0.507 e. The number of rotatable bonds is 5. The molecule has 2 aromatic carbocycles. The normalized spacial score (nSPS) is 10.7. The maximum Gasteiger partial charge on any atom is 0.234 e. The number of anilines is 1. The molecule has 0 aliphatic rings. The molecule has 3 rings (SSSR count). The first kappa shape index (κ1) is 18.8. The summed E-state index contributed by atoms with van der Waals surface area (Å²) in [4.78, 5) is 16.4. The number of thioether (sulfide) groups is 1. The van der Waals surface area contributed by atoms with Crippen LogP contribution in [0.1, 0.15) is 5.56 Å². The predicted molar refractivity (Wildman–Crippen MR) is 107 cm³/mol. The molecule has 1 aromatic heterocycles. The highest BCUT2D eigenvalue weighted by molar-refractivity contribution is 9.10. The van der Waals surface area contributed by atoms with Gasteiger partial charge in [-0.25, -0.2) is 4.98 Å². The van der Waals surface area contributed by atoms with Gasteiger partial charge in [-0.15, -0.1) is 5.10 Å². The molecule has 0 aliphatic carbocycles. The van der Waals surface area contributed by atoms with Crippen LogP contribution in [0.2, 0.25) is 5.02 Å². The number of carbonyl (C=O) groups excluding carboxylic acids is 1. The van der Waals surface area contributed by atoms with Crippen molar-refractivity contribution in [3.63, 3.8) is 0 Å². The molecule has 0 saturated carbocycles. The SMILES string of the molecule is Cc1ccc(NC(=O)CSc2n[nH]c(-c3cc(Br)ccc3O)n2)cc1Cl. The molecule has 0 atom stereocenters. The minimum atomic E-state index is -0.188. The topological polar surface area (TPSA) is 90.9 Å². The third-order valence-electron chi connectivity index (χ3n) is 3.47. The molecule has 0 aliphatic heterocycles. The Bertz CT molecular complexity index is 964. The van der Waals surface area contributed by atoms with E-state index >= 15 is 0 Å². The molecule has 0 unspecified atom stereocenters. The maximum absolute atomic E-state index is 12.1. The summed E-state index contributed by atoms with van der Waals surface area (Å²) in [5.74, 6) is 0.478. The highest BCUT2D eigenvalue weighted by atomic mass is 79.9. The average molecular weight is 454 g/mol. The van der Waals surface area contributed by atoms with Crippen LogP contribution >= 0.6 is 39.3 Å². The highest BCUT2D eigenvalue weighted by Crippen LogP contribution is 2.30. The third-order valence-corrected chi connectivity index (χ3v) is 5.21. The lowest BCUT2D eigenvalue weighted by Gasteiger charge is -2.05. The smallest absolute Gasteiger partial charge is 0.234 e. The number of H-pyrrole nitrogens is 1. The van der Waals surface area contributed by atoms with Gasteiger partial charge in [-0.05, 0) is 42.8 Å². The van der Waals surface area contributed by atoms with Crippen molar-refractivity contribution < 1.29 is 9.90 Å². The van der Waals surface area contributed by atoms with Crippen LogP contribution in [-0.2, 0) is 4.79 Å². The van der Waals surface area contributed by atoms with Gasteiger partial charge < -0.3 is 10.4 Å². The summed E-state index contributed by atoms with van der Waals surface area (Å²) in [7, 11) is 0. The predicted octanol–water partition coefficient (Wildman–Crippen LogP) is 4.63. The van der Waals surface area contributed by atoms with Crippen molar-refractivity contribution in [1.82, 2.24) is 15.2 Å². The second-order valence-electron chi connectivity index (χ2n) is 5.43. The Morgan fingerprint density at radius 3 is 2.92 bits per heavy atom. The standard InChI is InChI=1S/C17H14BrClN4O2S/c1-9-2-4-11(7-13(9)19)20-15(25)8-26-17-21-16(22-23-17)12-6-10(18)3-5-14(12)24/h2-7,24H,8H2,1H3,(H,20,25)(H,21,22,23). The number of halogens is 2. The monoisotopic (exact) mass is 452 g/mol. The summed E-state index contributed by atoms with van der Waals surface area (Å²) in [6, 6.07) is 10.4. The summed E-state index contributed by atoms with van der Waals surface area (Å²) >= 11 is 10.6. The van der Waals surface area contributed by atoms with Crippen LogP contribution in [0.5, 0.6) is 5.75 Å². The number of nitrogens with zero attached hydrogens (tertiary/aromatic N) is 2. The van der Waals surface area contributed by atoms with E-state index in [9.17, 15) is 9.90 Å². The van der Waals surface area contributed by atoms with Crippen LogP contribution in [0.4, 0.5) is 5.69 Å². The molecular formula is C17H14BrClN4O2S. The molecule has 0 fully saturated rings. The zero-order valence-electron chi connectivity index (χ0n) is 13.6. The third kappa shape index (κ3) is 4.57. The summed E-state index contributed by atoms with van der Waals surface area (Å²) in [6.07, 6.45) is 0. The quantitative estimate of drug-likeness (QED) is 0.490. The Hall–Kier alpha value is -2.03. The lowest BCUT2D eigenvalue weighted by atomic mass is 10.2. The van der Waals surface area contributed by atoms with Gasteiger partial charge in [-0.2, -0.15) is 0 Å². The average Bonchev–Trinajstić information content (AvgIpc) is 3.07. The number of hydrogen-bond acceptors (Lipinski definition) is 5. The van der Waals surface area contributed by atoms with Gasteiger partial charge in [0, 0.05) is 15.2 Å². The van der Waals surface area contributed by atoms with Crippen LogP contribution in [0.25, 0.3) is 11.4 Å². The van der Waals surface area contributed by atoms with Gasteiger partial charge in [-0.3, -0.25) is 9.89 Å². The molecule has 3 aromatic rings. The van der Waals surface area contributed by atoms with Crippen molar-refractivity contribution in [2.24, 2.45) is 0 Å². The maximum atomic E-state index is 12.1. The summed E-state index contributed by atoms with van der Waals surface area (Å²) in [5, 5.41) is 20.6. The van der Waals surface area contributed by atoms with Gasteiger partial charge in [-0.1, -0.05) is 45.4 Å². The van der Waals surface area contributed by atoms with Crippen LogP contribution < -0.4 is 5.32 Å². The first-order valence-electron chi connectivity index (χ1n) is 7.52. The fourth-order valence-electron chi connectivity index (χ4n) is 2.13. The summed E-state index contributed by atoms with van der Waals surface area (Å²) in [5.41, 5.74) is 2.11. The van der Waals surface area contributed by atoms with E-state index in [0.29, 0.717) is 27.3 Å². The number of aromatic hydroxyl groups is 1. The first-order valence-corrected chi connectivity index (χ1v) is 9.68. The van der Waals surface area contributed by atoms with Gasteiger partial charge in [0.05, 0.1) is 11.3 Å². The summed E-state index contributed by atoms with van der Waals surface area (Å²) < 4.78 is 0.812. The fourth-order valence-corrected chi connectivity index (χ4v) is 3.27. The van der Waals surface area contributed by atoms with Crippen molar-refractivity contribution in [1.29, 1.82) is 0 Å². The Morgan fingerprint density at radius 2 is 2.15 bits per heavy atom. The number of hydrogen-bond donors (Lipinski definition) is 3. The molecule has 0 radical (unpaired) electrons. The van der Waals surface area contributed by atoms with Crippen LogP contribution in [0.3, 0.4) is 0 Å².